The number of alkyl halides is 3. The molecule has 0 saturated heterocycles. The maximum atomic E-state index is 13.2. The third-order valence-corrected chi connectivity index (χ3v) is 3.93. The van der Waals surface area contributed by atoms with Gasteiger partial charge in [-0.1, -0.05) is 30.3 Å². The monoisotopic (exact) mass is 290 g/mol. The molecule has 1 atom stereocenters. The van der Waals surface area contributed by atoms with Gasteiger partial charge in [-0.2, -0.15) is 13.2 Å². The van der Waals surface area contributed by atoms with E-state index in [1.165, 1.54) is 0 Å². The maximum absolute atomic E-state index is 13.2. The third-order valence-electron chi connectivity index (χ3n) is 2.86. The molecule has 1 nitrogen and oxygen atoms in total. The average molecular weight is 290 g/mol. The predicted octanol–water partition coefficient (Wildman–Crippen LogP) is 4.79. The van der Waals surface area contributed by atoms with Gasteiger partial charge in [-0.3, -0.25) is 0 Å². The summed E-state index contributed by atoms with van der Waals surface area (Å²) in [5.41, 5.74) is -1.16. The van der Waals surface area contributed by atoms with Gasteiger partial charge in [0.2, 0.25) is 0 Å². The average Bonchev–Trinajstić information content (AvgIpc) is 2.24. The summed E-state index contributed by atoms with van der Waals surface area (Å²) in [5, 5.41) is 0. The Morgan fingerprint density at radius 1 is 1.05 bits per heavy atom. The van der Waals surface area contributed by atoms with Crippen LogP contribution in [0.3, 0.4) is 0 Å². The number of benzene rings is 1. The van der Waals surface area contributed by atoms with E-state index in [-0.39, 0.29) is 6.42 Å². The van der Waals surface area contributed by atoms with Crippen LogP contribution in [0.2, 0.25) is 19.6 Å². The van der Waals surface area contributed by atoms with Gasteiger partial charge in [-0.15, -0.1) is 0 Å². The normalized spacial score (nSPS) is 16.2. The predicted molar refractivity (Wildman–Crippen MR) is 73.7 cm³/mol. The van der Waals surface area contributed by atoms with Crippen molar-refractivity contribution < 1.29 is 17.6 Å². The highest BCUT2D eigenvalue weighted by Gasteiger charge is 2.53. The van der Waals surface area contributed by atoms with Crippen LogP contribution in [-0.2, 0) is 10.8 Å². The highest BCUT2D eigenvalue weighted by atomic mass is 28.4. The standard InChI is InChI=1S/C14H21F3OSi/c1-13(14(15,16)17,18-19(2,3)4)11-10-12-8-6-5-7-9-12/h5-9H,10-11H2,1-4H3. The summed E-state index contributed by atoms with van der Waals surface area (Å²) in [5.74, 6) is 0. The van der Waals surface area contributed by atoms with Crippen LogP contribution in [0, 0.1) is 0 Å². The minimum Gasteiger partial charge on any atom is -0.404 e. The lowest BCUT2D eigenvalue weighted by Crippen LogP contribution is -2.51. The molecule has 0 spiro atoms. The van der Waals surface area contributed by atoms with E-state index >= 15 is 0 Å². The Labute approximate surface area is 113 Å². The van der Waals surface area contributed by atoms with Crippen LogP contribution in [-0.4, -0.2) is 20.1 Å². The van der Waals surface area contributed by atoms with Crippen molar-refractivity contribution in [1.82, 2.24) is 0 Å². The van der Waals surface area contributed by atoms with Crippen molar-refractivity contribution in [3.8, 4) is 0 Å². The molecular formula is C14H21F3OSi. The quantitative estimate of drug-likeness (QED) is 0.708. The van der Waals surface area contributed by atoms with Crippen molar-refractivity contribution in [2.75, 3.05) is 0 Å². The SMILES string of the molecule is CC(CCc1ccccc1)(O[Si](C)(C)C)C(F)(F)F. The van der Waals surface area contributed by atoms with Gasteiger partial charge in [0, 0.05) is 0 Å². The number of hydrogen-bond donors (Lipinski definition) is 0. The van der Waals surface area contributed by atoms with Crippen molar-refractivity contribution in [2.45, 2.75) is 51.2 Å². The molecule has 5 heteroatoms. The molecule has 0 fully saturated rings. The largest absolute Gasteiger partial charge is 0.416 e. The molecule has 1 aromatic carbocycles. The second kappa shape index (κ2) is 5.67. The Morgan fingerprint density at radius 2 is 1.58 bits per heavy atom. The Kier molecular flexibility index (Phi) is 4.85. The van der Waals surface area contributed by atoms with Gasteiger partial charge in [0.05, 0.1) is 0 Å². The Hall–Kier alpha value is -0.813. The lowest BCUT2D eigenvalue weighted by molar-refractivity contribution is -0.247. The first kappa shape index (κ1) is 16.2. The Bertz CT molecular complexity index is 397. The molecule has 0 heterocycles. The van der Waals surface area contributed by atoms with Gasteiger partial charge < -0.3 is 4.43 Å². The molecule has 0 aliphatic rings. The van der Waals surface area contributed by atoms with Crippen molar-refractivity contribution in [1.29, 1.82) is 0 Å². The number of halogens is 3. The van der Waals surface area contributed by atoms with Crippen molar-refractivity contribution in [3.05, 3.63) is 35.9 Å². The topological polar surface area (TPSA) is 9.23 Å². The second-order valence-corrected chi connectivity index (χ2v) is 10.4. The van der Waals surface area contributed by atoms with Gasteiger partial charge in [0.25, 0.3) is 0 Å². The molecular weight excluding hydrogens is 269 g/mol. The first-order valence-electron chi connectivity index (χ1n) is 6.34. The van der Waals surface area contributed by atoms with Crippen molar-refractivity contribution in [3.63, 3.8) is 0 Å². The summed E-state index contributed by atoms with van der Waals surface area (Å²) in [6.45, 7) is 6.49. The van der Waals surface area contributed by atoms with E-state index in [9.17, 15) is 13.2 Å². The van der Waals surface area contributed by atoms with Crippen LogP contribution in [0.1, 0.15) is 18.9 Å². The molecule has 0 saturated carbocycles. The number of aryl methyl sites for hydroxylation is 1. The van der Waals surface area contributed by atoms with E-state index in [1.54, 1.807) is 19.6 Å². The fraction of sp³-hybridized carbons (Fsp3) is 0.571. The zero-order valence-corrected chi connectivity index (χ0v) is 12.8. The molecule has 0 N–H and O–H groups in total. The molecule has 0 aromatic heterocycles. The molecule has 19 heavy (non-hydrogen) atoms. The lowest BCUT2D eigenvalue weighted by atomic mass is 9.96. The van der Waals surface area contributed by atoms with Gasteiger partial charge in [-0.05, 0) is 45.0 Å². The highest BCUT2D eigenvalue weighted by molar-refractivity contribution is 6.69. The number of rotatable bonds is 5. The minimum absolute atomic E-state index is 0.0508. The van der Waals surface area contributed by atoms with E-state index < -0.39 is 20.1 Å². The molecule has 0 radical (unpaired) electrons. The van der Waals surface area contributed by atoms with Gasteiger partial charge in [-0.25, -0.2) is 0 Å². The van der Waals surface area contributed by atoms with Crippen LogP contribution >= 0.6 is 0 Å². The molecule has 108 valence electrons. The van der Waals surface area contributed by atoms with E-state index in [2.05, 4.69) is 0 Å². The summed E-state index contributed by atoms with van der Waals surface area (Å²) in [6, 6.07) is 9.20. The Morgan fingerprint density at radius 3 is 2.00 bits per heavy atom. The van der Waals surface area contributed by atoms with E-state index in [0.29, 0.717) is 6.42 Å². The van der Waals surface area contributed by atoms with Crippen molar-refractivity contribution >= 4 is 8.32 Å². The first-order chi connectivity index (χ1) is 8.54. The zero-order valence-electron chi connectivity index (χ0n) is 11.8. The third kappa shape index (κ3) is 4.99. The summed E-state index contributed by atoms with van der Waals surface area (Å²) in [7, 11) is -2.26. The van der Waals surface area contributed by atoms with Crippen LogP contribution in [0.25, 0.3) is 0 Å². The lowest BCUT2D eigenvalue weighted by Gasteiger charge is -2.37. The van der Waals surface area contributed by atoms with Gasteiger partial charge in [0.15, 0.2) is 8.32 Å². The zero-order chi connectivity index (χ0) is 14.7. The van der Waals surface area contributed by atoms with Gasteiger partial charge >= 0.3 is 6.18 Å². The summed E-state index contributed by atoms with van der Waals surface area (Å²) in [6.07, 6.45) is -4.03. The van der Waals surface area contributed by atoms with Crippen LogP contribution in [0.5, 0.6) is 0 Å². The van der Waals surface area contributed by atoms with Crippen LogP contribution in [0.4, 0.5) is 13.2 Å². The molecule has 0 amide bonds. The number of hydrogen-bond acceptors (Lipinski definition) is 1. The highest BCUT2D eigenvalue weighted by Crippen LogP contribution is 2.39. The smallest absolute Gasteiger partial charge is 0.404 e. The fourth-order valence-corrected chi connectivity index (χ4v) is 3.52. The van der Waals surface area contributed by atoms with Gasteiger partial charge in [0.1, 0.15) is 5.60 Å². The minimum atomic E-state index is -4.35. The van der Waals surface area contributed by atoms with E-state index in [1.807, 2.05) is 30.3 Å². The fourth-order valence-electron chi connectivity index (χ4n) is 1.95. The summed E-state index contributed by atoms with van der Waals surface area (Å²) >= 11 is 0. The maximum Gasteiger partial charge on any atom is 0.416 e. The van der Waals surface area contributed by atoms with E-state index in [0.717, 1.165) is 12.5 Å². The molecule has 1 aromatic rings. The van der Waals surface area contributed by atoms with Crippen LogP contribution in [0.15, 0.2) is 30.3 Å². The first-order valence-corrected chi connectivity index (χ1v) is 9.75. The van der Waals surface area contributed by atoms with E-state index in [4.69, 9.17) is 4.43 Å². The molecule has 0 bridgehead atoms. The summed E-state index contributed by atoms with van der Waals surface area (Å²) < 4.78 is 45.1. The molecule has 0 aliphatic carbocycles. The Balaban J connectivity index is 2.82. The summed E-state index contributed by atoms with van der Waals surface area (Å²) in [4.78, 5) is 0. The van der Waals surface area contributed by atoms with Crippen molar-refractivity contribution in [2.24, 2.45) is 0 Å². The molecule has 0 aliphatic heterocycles. The molecule has 1 unspecified atom stereocenters. The molecule has 1 rings (SSSR count). The second-order valence-electron chi connectivity index (χ2n) is 5.93. The van der Waals surface area contributed by atoms with Crippen LogP contribution < -0.4 is 0 Å².